The van der Waals surface area contributed by atoms with Crippen LogP contribution in [0.5, 0.6) is 0 Å². The second-order valence-electron chi connectivity index (χ2n) is 6.13. The smallest absolute Gasteiger partial charge is 0.254 e. The van der Waals surface area contributed by atoms with Gasteiger partial charge < -0.3 is 14.8 Å². The van der Waals surface area contributed by atoms with Gasteiger partial charge in [0.2, 0.25) is 5.91 Å². The van der Waals surface area contributed by atoms with E-state index in [2.05, 4.69) is 5.32 Å². The number of carbonyl (C=O) groups excluding carboxylic acids is 2. The van der Waals surface area contributed by atoms with Crippen molar-refractivity contribution in [3.05, 3.63) is 53.9 Å². The summed E-state index contributed by atoms with van der Waals surface area (Å²) in [6, 6.07) is 9.58. The lowest BCUT2D eigenvalue weighted by Gasteiger charge is -2.22. The van der Waals surface area contributed by atoms with Crippen LogP contribution in [0.4, 0.5) is 0 Å². The molecule has 2 aromatic rings. The number of hydrogen-bond acceptors (Lipinski definition) is 2. The Labute approximate surface area is 143 Å². The van der Waals surface area contributed by atoms with Gasteiger partial charge in [0.15, 0.2) is 0 Å². The molecule has 24 heavy (non-hydrogen) atoms. The first-order valence-electron chi connectivity index (χ1n) is 8.25. The number of benzene rings is 1. The zero-order valence-corrected chi connectivity index (χ0v) is 14.7. The van der Waals surface area contributed by atoms with E-state index in [1.165, 1.54) is 0 Å². The van der Waals surface area contributed by atoms with Crippen molar-refractivity contribution in [3.63, 3.8) is 0 Å². The fourth-order valence-corrected chi connectivity index (χ4v) is 2.57. The molecular formula is C19H25N3O2. The maximum Gasteiger partial charge on any atom is 0.254 e. The maximum atomic E-state index is 12.8. The third-order valence-electron chi connectivity index (χ3n) is 3.79. The van der Waals surface area contributed by atoms with Crippen molar-refractivity contribution in [1.82, 2.24) is 14.8 Å². The molecule has 2 rings (SSSR count). The van der Waals surface area contributed by atoms with Crippen LogP contribution in [-0.2, 0) is 4.79 Å². The van der Waals surface area contributed by atoms with Crippen molar-refractivity contribution >= 4 is 11.8 Å². The van der Waals surface area contributed by atoms with E-state index in [1.807, 2.05) is 75.0 Å². The van der Waals surface area contributed by atoms with Crippen molar-refractivity contribution in [3.8, 4) is 5.69 Å². The number of rotatable bonds is 6. The van der Waals surface area contributed by atoms with Crippen LogP contribution in [0.1, 0.15) is 36.7 Å². The number of carbonyl (C=O) groups is 2. The van der Waals surface area contributed by atoms with Crippen molar-refractivity contribution in [1.29, 1.82) is 0 Å². The van der Waals surface area contributed by atoms with Gasteiger partial charge in [-0.1, -0.05) is 6.07 Å². The lowest BCUT2D eigenvalue weighted by Crippen LogP contribution is -2.42. The molecule has 5 nitrogen and oxygen atoms in total. The molecule has 0 unspecified atom stereocenters. The summed E-state index contributed by atoms with van der Waals surface area (Å²) in [6.45, 7) is 8.24. The molecule has 0 aliphatic carbocycles. The van der Waals surface area contributed by atoms with Crippen LogP contribution in [0.3, 0.4) is 0 Å². The lowest BCUT2D eigenvalue weighted by atomic mass is 10.1. The zero-order chi connectivity index (χ0) is 17.7. The normalized spacial score (nSPS) is 10.7. The molecule has 0 aliphatic heterocycles. The molecule has 0 aliphatic rings. The molecular weight excluding hydrogens is 302 g/mol. The van der Waals surface area contributed by atoms with Crippen molar-refractivity contribution in [2.45, 2.75) is 33.7 Å². The zero-order valence-electron chi connectivity index (χ0n) is 14.7. The van der Waals surface area contributed by atoms with E-state index in [4.69, 9.17) is 0 Å². The number of nitrogens with one attached hydrogen (secondary N) is 1. The summed E-state index contributed by atoms with van der Waals surface area (Å²) in [6.07, 6.45) is 3.90. The quantitative estimate of drug-likeness (QED) is 0.887. The Bertz CT molecular complexity index is 705. The lowest BCUT2D eigenvalue weighted by molar-refractivity contribution is -0.122. The highest BCUT2D eigenvalue weighted by Gasteiger charge is 2.18. The molecule has 1 N–H and O–H groups in total. The van der Waals surface area contributed by atoms with Gasteiger partial charge in [-0.2, -0.15) is 0 Å². The Morgan fingerprint density at radius 2 is 1.88 bits per heavy atom. The first-order valence-corrected chi connectivity index (χ1v) is 8.25. The minimum absolute atomic E-state index is 0.0611. The van der Waals surface area contributed by atoms with Crippen LogP contribution in [-0.4, -0.2) is 40.4 Å². The van der Waals surface area contributed by atoms with E-state index in [0.717, 1.165) is 11.3 Å². The summed E-state index contributed by atoms with van der Waals surface area (Å²) in [4.78, 5) is 26.3. The standard InChI is InChI=1S/C19H25N3O2/c1-5-21(13-18(23)20-14(2)3)19(24)16-9-8-15(4)17(12-16)22-10-6-7-11-22/h6-12,14H,5,13H2,1-4H3,(H,20,23). The predicted molar refractivity (Wildman–Crippen MR) is 95.4 cm³/mol. The predicted octanol–water partition coefficient (Wildman–Crippen LogP) is 2.77. The summed E-state index contributed by atoms with van der Waals surface area (Å²) in [7, 11) is 0. The number of amides is 2. The fraction of sp³-hybridized carbons (Fsp3) is 0.368. The largest absolute Gasteiger partial charge is 0.352 e. The average molecular weight is 327 g/mol. The summed E-state index contributed by atoms with van der Waals surface area (Å²) in [5, 5.41) is 2.82. The van der Waals surface area contributed by atoms with Gasteiger partial charge in [0.25, 0.3) is 5.91 Å². The number of aromatic nitrogens is 1. The van der Waals surface area contributed by atoms with Gasteiger partial charge in [0.1, 0.15) is 0 Å². The van der Waals surface area contributed by atoms with E-state index in [-0.39, 0.29) is 24.4 Å². The van der Waals surface area contributed by atoms with Crippen LogP contribution in [0.25, 0.3) is 5.69 Å². The third-order valence-corrected chi connectivity index (χ3v) is 3.79. The van der Waals surface area contributed by atoms with Gasteiger partial charge in [-0.15, -0.1) is 0 Å². The van der Waals surface area contributed by atoms with E-state index in [9.17, 15) is 9.59 Å². The highest BCUT2D eigenvalue weighted by atomic mass is 16.2. The summed E-state index contributed by atoms with van der Waals surface area (Å²) >= 11 is 0. The molecule has 5 heteroatoms. The van der Waals surface area contributed by atoms with Gasteiger partial charge >= 0.3 is 0 Å². The maximum absolute atomic E-state index is 12.8. The monoisotopic (exact) mass is 327 g/mol. The van der Waals surface area contributed by atoms with E-state index in [1.54, 1.807) is 4.90 Å². The van der Waals surface area contributed by atoms with Gasteiger partial charge in [-0.3, -0.25) is 9.59 Å². The first-order chi connectivity index (χ1) is 11.4. The summed E-state index contributed by atoms with van der Waals surface area (Å²) in [5.74, 6) is -0.275. The van der Waals surface area contributed by atoms with Crippen molar-refractivity contribution in [2.75, 3.05) is 13.1 Å². The van der Waals surface area contributed by atoms with Gasteiger partial charge in [0.05, 0.1) is 6.54 Å². The number of nitrogens with zero attached hydrogens (tertiary/aromatic N) is 2. The second kappa shape index (κ2) is 7.81. The molecule has 1 heterocycles. The van der Waals surface area contributed by atoms with Gasteiger partial charge in [0, 0.05) is 36.2 Å². The molecule has 0 radical (unpaired) electrons. The molecule has 1 aromatic carbocycles. The molecule has 0 bridgehead atoms. The average Bonchev–Trinajstić information content (AvgIpc) is 3.06. The van der Waals surface area contributed by atoms with Crippen molar-refractivity contribution < 1.29 is 9.59 Å². The minimum Gasteiger partial charge on any atom is -0.352 e. The van der Waals surface area contributed by atoms with Crippen LogP contribution < -0.4 is 5.32 Å². The summed E-state index contributed by atoms with van der Waals surface area (Å²) < 4.78 is 1.98. The molecule has 0 saturated heterocycles. The number of hydrogen-bond donors (Lipinski definition) is 1. The number of aryl methyl sites for hydroxylation is 1. The number of likely N-dealkylation sites (N-methyl/N-ethyl adjacent to an activating group) is 1. The molecule has 1 aromatic heterocycles. The van der Waals surface area contributed by atoms with Crippen LogP contribution in [0.15, 0.2) is 42.7 Å². The first kappa shape index (κ1) is 17.8. The SMILES string of the molecule is CCN(CC(=O)NC(C)C)C(=O)c1ccc(C)c(-n2cccc2)c1. The highest BCUT2D eigenvalue weighted by molar-refractivity contribution is 5.97. The topological polar surface area (TPSA) is 54.3 Å². The second-order valence-corrected chi connectivity index (χ2v) is 6.13. The molecule has 0 fully saturated rings. The fourth-order valence-electron chi connectivity index (χ4n) is 2.57. The van der Waals surface area contributed by atoms with Crippen LogP contribution in [0.2, 0.25) is 0 Å². The molecule has 0 atom stereocenters. The molecule has 0 saturated carbocycles. The van der Waals surface area contributed by atoms with Crippen molar-refractivity contribution in [2.24, 2.45) is 0 Å². The van der Waals surface area contributed by atoms with Crippen LogP contribution in [0, 0.1) is 6.92 Å². The van der Waals surface area contributed by atoms with Crippen LogP contribution >= 0.6 is 0 Å². The Kier molecular flexibility index (Phi) is 5.79. The summed E-state index contributed by atoms with van der Waals surface area (Å²) in [5.41, 5.74) is 2.64. The molecule has 2 amide bonds. The van der Waals surface area contributed by atoms with E-state index < -0.39 is 0 Å². The minimum atomic E-state index is -0.141. The Hall–Kier alpha value is -2.56. The molecule has 128 valence electrons. The van der Waals surface area contributed by atoms with E-state index >= 15 is 0 Å². The van der Waals surface area contributed by atoms with Gasteiger partial charge in [-0.25, -0.2) is 0 Å². The Morgan fingerprint density at radius 3 is 2.46 bits per heavy atom. The third kappa shape index (κ3) is 4.25. The highest BCUT2D eigenvalue weighted by Crippen LogP contribution is 2.17. The van der Waals surface area contributed by atoms with E-state index in [0.29, 0.717) is 12.1 Å². The molecule has 0 spiro atoms. The Balaban J connectivity index is 2.21. The Morgan fingerprint density at radius 1 is 1.21 bits per heavy atom. The van der Waals surface area contributed by atoms with Gasteiger partial charge in [-0.05, 0) is 57.5 Å².